The third-order valence-electron chi connectivity index (χ3n) is 3.26. The Hall–Kier alpha value is -1.42. The van der Waals surface area contributed by atoms with Crippen LogP contribution in [-0.2, 0) is 11.2 Å². The number of hydrogen-bond donors (Lipinski definition) is 0. The second-order valence-corrected chi connectivity index (χ2v) is 4.74. The number of carbonyl (C=O) groups excluding carboxylic acids is 1. The third-order valence-corrected chi connectivity index (χ3v) is 3.26. The second kappa shape index (κ2) is 5.27. The first-order chi connectivity index (χ1) is 8.16. The van der Waals surface area contributed by atoms with Crippen LogP contribution >= 0.6 is 0 Å². The molecule has 1 aliphatic heterocycles. The molecule has 4 heteroatoms. The number of pyridine rings is 1. The molecular formula is C13H19N3O. The highest BCUT2D eigenvalue weighted by Crippen LogP contribution is 2.13. The molecule has 2 rings (SSSR count). The van der Waals surface area contributed by atoms with Crippen LogP contribution in [0.4, 0.5) is 0 Å². The molecule has 2 heterocycles. The van der Waals surface area contributed by atoms with E-state index in [1.54, 1.807) is 6.20 Å². The molecule has 92 valence electrons. The molecule has 0 radical (unpaired) electrons. The first-order valence-corrected chi connectivity index (χ1v) is 6.00. The molecule has 1 unspecified atom stereocenters. The van der Waals surface area contributed by atoms with Gasteiger partial charge < -0.3 is 9.80 Å². The zero-order valence-electron chi connectivity index (χ0n) is 10.5. The minimum absolute atomic E-state index is 0.0300. The fraction of sp³-hybridized carbons (Fsp3) is 0.538. The standard InChI is InChI=1S/C13H19N3O/c1-15-7-8-16(2)13(17)11(10-15)9-12-5-3-4-6-14-12/h3-6,11H,7-10H2,1-2H3. The number of nitrogens with zero attached hydrogens (tertiary/aromatic N) is 3. The molecule has 0 saturated carbocycles. The van der Waals surface area contributed by atoms with Gasteiger partial charge in [0.15, 0.2) is 0 Å². The summed E-state index contributed by atoms with van der Waals surface area (Å²) in [6, 6.07) is 5.85. The molecule has 1 amide bonds. The predicted octanol–water partition coefficient (Wildman–Crippen LogP) is 0.644. The van der Waals surface area contributed by atoms with Crippen LogP contribution in [0.3, 0.4) is 0 Å². The van der Waals surface area contributed by atoms with E-state index in [2.05, 4.69) is 16.9 Å². The van der Waals surface area contributed by atoms with Crippen LogP contribution in [0.5, 0.6) is 0 Å². The highest BCUT2D eigenvalue weighted by atomic mass is 16.2. The number of carbonyl (C=O) groups is 1. The lowest BCUT2D eigenvalue weighted by Gasteiger charge is -2.19. The van der Waals surface area contributed by atoms with Crippen molar-refractivity contribution in [2.24, 2.45) is 5.92 Å². The van der Waals surface area contributed by atoms with Gasteiger partial charge in [-0.2, -0.15) is 0 Å². The Labute approximate surface area is 102 Å². The Balaban J connectivity index is 2.09. The summed E-state index contributed by atoms with van der Waals surface area (Å²) in [5.41, 5.74) is 0.995. The number of amides is 1. The van der Waals surface area contributed by atoms with Crippen molar-refractivity contribution < 1.29 is 4.79 Å². The van der Waals surface area contributed by atoms with E-state index in [-0.39, 0.29) is 11.8 Å². The van der Waals surface area contributed by atoms with Crippen molar-refractivity contribution in [3.8, 4) is 0 Å². The highest BCUT2D eigenvalue weighted by Gasteiger charge is 2.27. The SMILES string of the molecule is CN1CCN(C)C(=O)C(Cc2ccccn2)C1. The van der Waals surface area contributed by atoms with Crippen LogP contribution in [0.25, 0.3) is 0 Å². The van der Waals surface area contributed by atoms with Crippen LogP contribution in [0.2, 0.25) is 0 Å². The third kappa shape index (κ3) is 3.03. The molecular weight excluding hydrogens is 214 g/mol. The van der Waals surface area contributed by atoms with Gasteiger partial charge in [0.2, 0.25) is 5.91 Å². The van der Waals surface area contributed by atoms with E-state index in [4.69, 9.17) is 0 Å². The van der Waals surface area contributed by atoms with Crippen molar-refractivity contribution in [1.29, 1.82) is 0 Å². The van der Waals surface area contributed by atoms with Gasteiger partial charge in [0.05, 0.1) is 5.92 Å². The van der Waals surface area contributed by atoms with E-state index >= 15 is 0 Å². The Kier molecular flexibility index (Phi) is 3.74. The van der Waals surface area contributed by atoms with Crippen LogP contribution in [0, 0.1) is 5.92 Å². The number of likely N-dealkylation sites (N-methyl/N-ethyl adjacent to an activating group) is 2. The summed E-state index contributed by atoms with van der Waals surface area (Å²) < 4.78 is 0. The molecule has 1 atom stereocenters. The predicted molar refractivity (Wildman–Crippen MR) is 66.6 cm³/mol. The smallest absolute Gasteiger partial charge is 0.227 e. The Morgan fingerprint density at radius 1 is 1.35 bits per heavy atom. The van der Waals surface area contributed by atoms with Crippen molar-refractivity contribution in [2.75, 3.05) is 33.7 Å². The first kappa shape index (κ1) is 12.0. The van der Waals surface area contributed by atoms with Gasteiger partial charge >= 0.3 is 0 Å². The molecule has 0 aliphatic carbocycles. The monoisotopic (exact) mass is 233 g/mol. The van der Waals surface area contributed by atoms with Gasteiger partial charge in [0.1, 0.15) is 0 Å². The normalized spacial score (nSPS) is 22.6. The molecule has 0 aromatic carbocycles. The van der Waals surface area contributed by atoms with Gasteiger partial charge in [-0.25, -0.2) is 0 Å². The molecule has 0 spiro atoms. The zero-order chi connectivity index (χ0) is 12.3. The van der Waals surface area contributed by atoms with Crippen molar-refractivity contribution in [1.82, 2.24) is 14.8 Å². The van der Waals surface area contributed by atoms with Gasteiger partial charge in [-0.1, -0.05) is 6.07 Å². The summed E-state index contributed by atoms with van der Waals surface area (Å²) in [7, 11) is 3.95. The second-order valence-electron chi connectivity index (χ2n) is 4.74. The fourth-order valence-corrected chi connectivity index (χ4v) is 2.21. The molecule has 1 aromatic rings. The quantitative estimate of drug-likeness (QED) is 0.752. The maximum Gasteiger partial charge on any atom is 0.227 e. The topological polar surface area (TPSA) is 36.4 Å². The largest absolute Gasteiger partial charge is 0.344 e. The Morgan fingerprint density at radius 3 is 2.88 bits per heavy atom. The average Bonchev–Trinajstić information content (AvgIpc) is 2.45. The fourth-order valence-electron chi connectivity index (χ4n) is 2.21. The van der Waals surface area contributed by atoms with Gasteiger partial charge in [0.25, 0.3) is 0 Å². The number of aromatic nitrogens is 1. The molecule has 0 N–H and O–H groups in total. The van der Waals surface area contributed by atoms with Gasteiger partial charge in [-0.3, -0.25) is 9.78 Å². The summed E-state index contributed by atoms with van der Waals surface area (Å²) in [4.78, 5) is 20.5. The maximum atomic E-state index is 12.2. The molecule has 1 aromatic heterocycles. The van der Waals surface area contributed by atoms with Crippen molar-refractivity contribution in [2.45, 2.75) is 6.42 Å². The van der Waals surface area contributed by atoms with Crippen molar-refractivity contribution >= 4 is 5.91 Å². The molecule has 4 nitrogen and oxygen atoms in total. The van der Waals surface area contributed by atoms with Gasteiger partial charge in [-0.05, 0) is 19.2 Å². The summed E-state index contributed by atoms with van der Waals surface area (Å²) in [5, 5.41) is 0. The molecule has 1 saturated heterocycles. The molecule has 0 bridgehead atoms. The maximum absolute atomic E-state index is 12.2. The van der Waals surface area contributed by atoms with E-state index in [0.717, 1.165) is 31.7 Å². The Morgan fingerprint density at radius 2 is 2.18 bits per heavy atom. The van der Waals surface area contributed by atoms with Crippen LogP contribution in [0.15, 0.2) is 24.4 Å². The Bertz CT molecular complexity index is 380. The van der Waals surface area contributed by atoms with Gasteiger partial charge in [-0.15, -0.1) is 0 Å². The van der Waals surface area contributed by atoms with Crippen molar-refractivity contribution in [3.63, 3.8) is 0 Å². The lowest BCUT2D eigenvalue weighted by Crippen LogP contribution is -2.34. The van der Waals surface area contributed by atoms with Gasteiger partial charge in [0, 0.05) is 45.0 Å². The lowest BCUT2D eigenvalue weighted by atomic mass is 10.0. The number of rotatable bonds is 2. The van der Waals surface area contributed by atoms with E-state index in [9.17, 15) is 4.79 Å². The van der Waals surface area contributed by atoms with E-state index in [1.807, 2.05) is 30.1 Å². The lowest BCUT2D eigenvalue weighted by molar-refractivity contribution is -0.133. The number of hydrogen-bond acceptors (Lipinski definition) is 3. The van der Waals surface area contributed by atoms with E-state index in [1.165, 1.54) is 0 Å². The molecule has 1 aliphatic rings. The summed E-state index contributed by atoms with van der Waals surface area (Å²) >= 11 is 0. The van der Waals surface area contributed by atoms with Crippen molar-refractivity contribution in [3.05, 3.63) is 30.1 Å². The summed E-state index contributed by atoms with van der Waals surface area (Å²) in [6.07, 6.45) is 2.51. The first-order valence-electron chi connectivity index (χ1n) is 6.00. The van der Waals surface area contributed by atoms with E-state index < -0.39 is 0 Å². The zero-order valence-corrected chi connectivity index (χ0v) is 10.5. The van der Waals surface area contributed by atoms with Crippen LogP contribution in [-0.4, -0.2) is 54.4 Å². The summed E-state index contributed by atoms with van der Waals surface area (Å²) in [5.74, 6) is 0.266. The van der Waals surface area contributed by atoms with E-state index in [0.29, 0.717) is 0 Å². The minimum Gasteiger partial charge on any atom is -0.344 e. The van der Waals surface area contributed by atoms with Crippen LogP contribution in [0.1, 0.15) is 5.69 Å². The highest BCUT2D eigenvalue weighted by molar-refractivity contribution is 5.79. The minimum atomic E-state index is 0.0300. The van der Waals surface area contributed by atoms with Crippen LogP contribution < -0.4 is 0 Å². The summed E-state index contributed by atoms with van der Waals surface area (Å²) in [6.45, 7) is 2.58. The average molecular weight is 233 g/mol. The molecule has 17 heavy (non-hydrogen) atoms. The molecule has 1 fully saturated rings.